The van der Waals surface area contributed by atoms with Crippen LogP contribution < -0.4 is 15.8 Å². The summed E-state index contributed by atoms with van der Waals surface area (Å²) < 4.78 is 51.0. The Labute approximate surface area is 247 Å². The zero-order valence-electron chi connectivity index (χ0n) is 22.0. The van der Waals surface area contributed by atoms with E-state index in [2.05, 4.69) is 15.3 Å². The summed E-state index contributed by atoms with van der Waals surface area (Å²) in [6.45, 7) is 0.783. The summed E-state index contributed by atoms with van der Waals surface area (Å²) in [4.78, 5) is 37.3. The summed E-state index contributed by atoms with van der Waals surface area (Å²) in [6.07, 6.45) is -4.65. The van der Waals surface area contributed by atoms with Crippen LogP contribution in [0.4, 0.5) is 23.7 Å². The van der Waals surface area contributed by atoms with Gasteiger partial charge in [0.25, 0.3) is 5.91 Å². The van der Waals surface area contributed by atoms with Gasteiger partial charge in [0.15, 0.2) is 11.5 Å². The van der Waals surface area contributed by atoms with Crippen molar-refractivity contribution in [2.75, 3.05) is 38.6 Å². The van der Waals surface area contributed by atoms with Crippen LogP contribution in [0.1, 0.15) is 21.9 Å². The number of halogens is 5. The van der Waals surface area contributed by atoms with Gasteiger partial charge >= 0.3 is 12.2 Å². The van der Waals surface area contributed by atoms with E-state index in [-0.39, 0.29) is 72.8 Å². The van der Waals surface area contributed by atoms with E-state index in [1.54, 1.807) is 23.1 Å². The molecule has 0 saturated carbocycles. The molecule has 0 bridgehead atoms. The minimum atomic E-state index is -4.65. The Morgan fingerprint density at radius 1 is 1.02 bits per heavy atom. The number of ether oxygens (including phenoxy) is 1. The molecule has 0 spiro atoms. The average Bonchev–Trinajstić information content (AvgIpc) is 3.41. The number of aromatic nitrogens is 2. The molecule has 1 fully saturated rings. The highest BCUT2D eigenvalue weighted by Crippen LogP contribution is 2.37. The van der Waals surface area contributed by atoms with Gasteiger partial charge in [-0.1, -0.05) is 23.2 Å². The lowest BCUT2D eigenvalue weighted by Gasteiger charge is -2.34. The van der Waals surface area contributed by atoms with Gasteiger partial charge in [0.05, 0.1) is 23.7 Å². The van der Waals surface area contributed by atoms with Crippen LogP contribution >= 0.6 is 23.2 Å². The van der Waals surface area contributed by atoms with Gasteiger partial charge in [-0.2, -0.15) is 13.2 Å². The quantitative estimate of drug-likeness (QED) is 0.293. The number of alkyl halides is 3. The Balaban J connectivity index is 1.35. The molecule has 3 heterocycles. The molecule has 0 atom stereocenters. The Hall–Kier alpha value is -4.07. The number of pyridine rings is 1. The van der Waals surface area contributed by atoms with Gasteiger partial charge in [0, 0.05) is 42.8 Å². The van der Waals surface area contributed by atoms with Gasteiger partial charge in [0.2, 0.25) is 5.89 Å². The largest absolute Gasteiger partial charge is 0.494 e. The van der Waals surface area contributed by atoms with E-state index in [9.17, 15) is 22.8 Å². The van der Waals surface area contributed by atoms with Gasteiger partial charge in [-0.15, -0.1) is 0 Å². The first-order valence-electron chi connectivity index (χ1n) is 12.6. The average molecular weight is 623 g/mol. The standard InChI is InChI=1S/C27H23Cl2F3N6O4/c1-41-19-6-3-16(15-4-7-21(27(30,31)32)35-22(15)19)24-36-23(20(13-33)42-24)25(39)37-8-10-38(11-9-37)26(40)34-14-2-5-17(28)18(29)12-14/h2-7,12H,8-11,13,33H2,1H3,(H,34,40). The molecule has 10 nitrogen and oxygen atoms in total. The number of nitrogens with one attached hydrogen (secondary N) is 1. The Bertz CT molecular complexity index is 1670. The molecule has 5 rings (SSSR count). The Morgan fingerprint density at radius 2 is 1.74 bits per heavy atom. The Kier molecular flexibility index (Phi) is 8.17. The molecule has 1 saturated heterocycles. The van der Waals surface area contributed by atoms with E-state index in [1.165, 1.54) is 30.2 Å². The molecule has 42 heavy (non-hydrogen) atoms. The first-order valence-corrected chi connectivity index (χ1v) is 13.3. The molecule has 0 unspecified atom stereocenters. The number of hydrogen-bond donors (Lipinski definition) is 2. The Morgan fingerprint density at radius 3 is 2.38 bits per heavy atom. The molecular formula is C27H23Cl2F3N6O4. The molecular weight excluding hydrogens is 600 g/mol. The lowest BCUT2D eigenvalue weighted by Crippen LogP contribution is -2.51. The first-order chi connectivity index (χ1) is 20.0. The number of piperazine rings is 1. The van der Waals surface area contributed by atoms with Crippen LogP contribution in [0.5, 0.6) is 5.75 Å². The molecule has 2 aromatic heterocycles. The summed E-state index contributed by atoms with van der Waals surface area (Å²) >= 11 is 11.9. The van der Waals surface area contributed by atoms with E-state index in [4.69, 9.17) is 38.1 Å². The summed E-state index contributed by atoms with van der Waals surface area (Å²) in [5.74, 6) is -0.223. The maximum Gasteiger partial charge on any atom is 0.433 e. The van der Waals surface area contributed by atoms with Crippen molar-refractivity contribution in [1.29, 1.82) is 0 Å². The zero-order valence-corrected chi connectivity index (χ0v) is 23.5. The number of anilines is 1. The van der Waals surface area contributed by atoms with Crippen molar-refractivity contribution >= 4 is 51.7 Å². The molecule has 0 radical (unpaired) electrons. The SMILES string of the molecule is COc1ccc(-c2nc(C(=O)N3CCN(C(=O)Nc4ccc(Cl)c(Cl)c4)CC3)c(CN)o2)c2ccc(C(F)(F)F)nc12. The van der Waals surface area contributed by atoms with Gasteiger partial charge in [0.1, 0.15) is 17.0 Å². The molecule has 4 aromatic rings. The third kappa shape index (κ3) is 5.80. The number of benzene rings is 2. The number of amides is 3. The number of rotatable bonds is 5. The molecule has 3 amide bonds. The second-order valence-corrected chi connectivity index (χ2v) is 10.1. The summed E-state index contributed by atoms with van der Waals surface area (Å²) in [5, 5.41) is 3.70. The highest BCUT2D eigenvalue weighted by atomic mass is 35.5. The minimum Gasteiger partial charge on any atom is -0.494 e. The predicted molar refractivity (Wildman–Crippen MR) is 150 cm³/mol. The number of carbonyl (C=O) groups excluding carboxylic acids is 2. The second kappa shape index (κ2) is 11.7. The minimum absolute atomic E-state index is 0.00680. The molecule has 0 aliphatic carbocycles. The van der Waals surface area contributed by atoms with E-state index in [0.717, 1.165) is 6.07 Å². The summed E-state index contributed by atoms with van der Waals surface area (Å²) in [7, 11) is 1.32. The number of urea groups is 1. The van der Waals surface area contributed by atoms with Crippen molar-refractivity contribution in [1.82, 2.24) is 19.8 Å². The third-order valence-corrected chi connectivity index (χ3v) is 7.41. The van der Waals surface area contributed by atoms with E-state index >= 15 is 0 Å². The number of hydrogen-bond acceptors (Lipinski definition) is 7. The van der Waals surface area contributed by atoms with Gasteiger partial charge in [-0.05, 0) is 42.5 Å². The molecule has 15 heteroatoms. The summed E-state index contributed by atoms with van der Waals surface area (Å²) in [5.41, 5.74) is 5.49. The molecule has 3 N–H and O–H groups in total. The number of nitrogens with two attached hydrogens (primary N) is 1. The van der Waals surface area contributed by atoms with Crippen LogP contribution in [0.2, 0.25) is 10.0 Å². The van der Waals surface area contributed by atoms with Crippen LogP contribution in [0.25, 0.3) is 22.4 Å². The lowest BCUT2D eigenvalue weighted by atomic mass is 10.1. The fraction of sp³-hybridized carbons (Fsp3) is 0.259. The van der Waals surface area contributed by atoms with Crippen molar-refractivity contribution in [2.24, 2.45) is 5.73 Å². The highest BCUT2D eigenvalue weighted by molar-refractivity contribution is 6.42. The smallest absolute Gasteiger partial charge is 0.433 e. The number of carbonyl (C=O) groups is 2. The van der Waals surface area contributed by atoms with E-state index < -0.39 is 17.8 Å². The van der Waals surface area contributed by atoms with Crippen molar-refractivity contribution in [3.63, 3.8) is 0 Å². The molecule has 1 aliphatic rings. The molecule has 1 aliphatic heterocycles. The maximum absolute atomic E-state index is 13.4. The third-order valence-electron chi connectivity index (χ3n) is 6.67. The van der Waals surface area contributed by atoms with E-state index in [1.807, 2.05) is 0 Å². The van der Waals surface area contributed by atoms with Crippen molar-refractivity contribution in [3.05, 3.63) is 69.7 Å². The van der Waals surface area contributed by atoms with Crippen LogP contribution in [-0.4, -0.2) is 65.0 Å². The molecule has 220 valence electrons. The highest BCUT2D eigenvalue weighted by Gasteiger charge is 2.34. The summed E-state index contributed by atoms with van der Waals surface area (Å²) in [6, 6.07) is 9.47. The maximum atomic E-state index is 13.4. The lowest BCUT2D eigenvalue weighted by molar-refractivity contribution is -0.140. The van der Waals surface area contributed by atoms with Crippen LogP contribution in [0.15, 0.2) is 46.9 Å². The first kappa shape index (κ1) is 29.4. The van der Waals surface area contributed by atoms with Crippen molar-refractivity contribution in [3.8, 4) is 17.2 Å². The van der Waals surface area contributed by atoms with Crippen LogP contribution in [-0.2, 0) is 12.7 Å². The predicted octanol–water partition coefficient (Wildman–Crippen LogP) is 5.67. The number of oxazole rings is 1. The van der Waals surface area contributed by atoms with Crippen LogP contribution in [0.3, 0.4) is 0 Å². The van der Waals surface area contributed by atoms with Gasteiger partial charge < -0.3 is 30.0 Å². The fourth-order valence-electron chi connectivity index (χ4n) is 4.51. The number of fused-ring (bicyclic) bond motifs is 1. The normalized spacial score (nSPS) is 13.9. The van der Waals surface area contributed by atoms with E-state index in [0.29, 0.717) is 21.3 Å². The number of nitrogens with zero attached hydrogens (tertiary/aromatic N) is 4. The monoisotopic (exact) mass is 622 g/mol. The van der Waals surface area contributed by atoms with Crippen LogP contribution in [0, 0.1) is 0 Å². The zero-order chi connectivity index (χ0) is 30.2. The second-order valence-electron chi connectivity index (χ2n) is 9.24. The topological polar surface area (TPSA) is 127 Å². The van der Waals surface area contributed by atoms with Crippen molar-refractivity contribution in [2.45, 2.75) is 12.7 Å². The molecule has 2 aromatic carbocycles. The number of methoxy groups -OCH3 is 1. The van der Waals surface area contributed by atoms with Gasteiger partial charge in [-0.3, -0.25) is 4.79 Å². The fourth-order valence-corrected chi connectivity index (χ4v) is 4.81. The van der Waals surface area contributed by atoms with Crippen molar-refractivity contribution < 1.29 is 31.9 Å². The van der Waals surface area contributed by atoms with Gasteiger partial charge in [-0.25, -0.2) is 14.8 Å².